The van der Waals surface area contributed by atoms with Crippen molar-refractivity contribution in [2.24, 2.45) is 7.05 Å². The van der Waals surface area contributed by atoms with Crippen LogP contribution < -0.4 is 4.74 Å². The van der Waals surface area contributed by atoms with E-state index in [0.717, 1.165) is 22.6 Å². The normalized spacial score (nSPS) is 12.4. The van der Waals surface area contributed by atoms with Crippen LogP contribution in [0.4, 0.5) is 0 Å². The molecule has 4 nitrogen and oxygen atoms in total. The zero-order valence-corrected chi connectivity index (χ0v) is 10.9. The smallest absolute Gasteiger partial charge is 0.132 e. The molecule has 0 saturated heterocycles. The number of aliphatic hydroxyl groups is 1. The van der Waals surface area contributed by atoms with Crippen LogP contribution in [0, 0.1) is 6.92 Å². The minimum absolute atomic E-state index is 0.450. The number of hydrogen-bond acceptors (Lipinski definition) is 3. The lowest BCUT2D eigenvalue weighted by Gasteiger charge is -2.11. The van der Waals surface area contributed by atoms with Crippen molar-refractivity contribution >= 4 is 0 Å². The number of ether oxygens (including phenoxy) is 1. The van der Waals surface area contributed by atoms with Gasteiger partial charge in [0.05, 0.1) is 11.8 Å². The lowest BCUT2D eigenvalue weighted by Crippen LogP contribution is -2.00. The van der Waals surface area contributed by atoms with Crippen molar-refractivity contribution in [3.05, 3.63) is 47.3 Å². The Labute approximate surface area is 107 Å². The average Bonchev–Trinajstić information content (AvgIpc) is 2.73. The topological polar surface area (TPSA) is 47.3 Å². The molecule has 0 saturated carbocycles. The second kappa shape index (κ2) is 5.23. The fraction of sp³-hybridized carbons (Fsp3) is 0.357. The second-order valence-corrected chi connectivity index (χ2v) is 4.47. The summed E-state index contributed by atoms with van der Waals surface area (Å²) in [5.41, 5.74) is 2.82. The van der Waals surface area contributed by atoms with E-state index in [2.05, 4.69) is 5.10 Å². The Balaban J connectivity index is 2.05. The van der Waals surface area contributed by atoms with Gasteiger partial charge in [-0.1, -0.05) is 6.07 Å². The first-order valence-corrected chi connectivity index (χ1v) is 5.96. The van der Waals surface area contributed by atoms with Crippen molar-refractivity contribution in [3.8, 4) is 5.75 Å². The first kappa shape index (κ1) is 12.6. The summed E-state index contributed by atoms with van der Waals surface area (Å²) in [5, 5.41) is 13.7. The number of aromatic nitrogens is 2. The molecule has 0 spiro atoms. The zero-order valence-electron chi connectivity index (χ0n) is 10.9. The van der Waals surface area contributed by atoms with Crippen molar-refractivity contribution in [2.75, 3.05) is 0 Å². The van der Waals surface area contributed by atoms with E-state index in [1.165, 1.54) is 0 Å². The van der Waals surface area contributed by atoms with Crippen LogP contribution in [0.3, 0.4) is 0 Å². The average molecular weight is 246 g/mol. The van der Waals surface area contributed by atoms with Crippen LogP contribution in [0.2, 0.25) is 0 Å². The lowest BCUT2D eigenvalue weighted by molar-refractivity contribution is 0.199. The van der Waals surface area contributed by atoms with E-state index in [9.17, 15) is 5.11 Å². The molecule has 0 aliphatic rings. The number of nitrogens with zero attached hydrogens (tertiary/aromatic N) is 2. The van der Waals surface area contributed by atoms with Crippen molar-refractivity contribution in [1.82, 2.24) is 9.78 Å². The van der Waals surface area contributed by atoms with Gasteiger partial charge in [0.25, 0.3) is 0 Å². The molecular weight excluding hydrogens is 228 g/mol. The summed E-state index contributed by atoms with van der Waals surface area (Å²) in [6.07, 6.45) is 1.44. The van der Waals surface area contributed by atoms with Crippen LogP contribution >= 0.6 is 0 Å². The number of rotatable bonds is 4. The van der Waals surface area contributed by atoms with Gasteiger partial charge in [-0.3, -0.25) is 4.68 Å². The molecule has 1 aromatic heterocycles. The number of hydrogen-bond donors (Lipinski definition) is 1. The van der Waals surface area contributed by atoms with Crippen molar-refractivity contribution < 1.29 is 9.84 Å². The first-order chi connectivity index (χ1) is 8.56. The molecule has 18 heavy (non-hydrogen) atoms. The van der Waals surface area contributed by atoms with Gasteiger partial charge in [-0.15, -0.1) is 0 Å². The van der Waals surface area contributed by atoms with Crippen LogP contribution in [0.15, 0.2) is 30.5 Å². The molecule has 1 N–H and O–H groups in total. The van der Waals surface area contributed by atoms with Gasteiger partial charge in [0.2, 0.25) is 0 Å². The third kappa shape index (κ3) is 2.90. The summed E-state index contributed by atoms with van der Waals surface area (Å²) in [6.45, 7) is 4.18. The Morgan fingerprint density at radius 2 is 2.17 bits per heavy atom. The first-order valence-electron chi connectivity index (χ1n) is 5.96. The van der Waals surface area contributed by atoms with Crippen molar-refractivity contribution in [3.63, 3.8) is 0 Å². The summed E-state index contributed by atoms with van der Waals surface area (Å²) in [4.78, 5) is 0. The number of aliphatic hydroxyl groups excluding tert-OH is 1. The van der Waals surface area contributed by atoms with Crippen LogP contribution in [0.5, 0.6) is 5.75 Å². The highest BCUT2D eigenvalue weighted by Gasteiger charge is 2.06. The van der Waals surface area contributed by atoms with E-state index in [4.69, 9.17) is 4.74 Å². The summed E-state index contributed by atoms with van der Waals surface area (Å²) in [6, 6.07) is 7.64. The molecule has 0 aliphatic heterocycles. The third-order valence-electron chi connectivity index (χ3n) is 2.83. The van der Waals surface area contributed by atoms with Gasteiger partial charge in [-0.2, -0.15) is 5.10 Å². The molecule has 0 amide bonds. The molecule has 0 aliphatic carbocycles. The largest absolute Gasteiger partial charge is 0.487 e. The zero-order chi connectivity index (χ0) is 13.1. The van der Waals surface area contributed by atoms with Crippen LogP contribution in [-0.4, -0.2) is 14.9 Å². The Kier molecular flexibility index (Phi) is 3.67. The molecule has 1 heterocycles. The van der Waals surface area contributed by atoms with Crippen molar-refractivity contribution in [2.45, 2.75) is 26.6 Å². The Bertz CT molecular complexity index is 532. The van der Waals surface area contributed by atoms with E-state index in [1.54, 1.807) is 11.6 Å². The van der Waals surface area contributed by atoms with Gasteiger partial charge in [0, 0.05) is 13.2 Å². The van der Waals surface area contributed by atoms with E-state index in [1.807, 2.05) is 44.4 Å². The molecule has 4 heteroatoms. The maximum Gasteiger partial charge on any atom is 0.132 e. The van der Waals surface area contributed by atoms with E-state index in [0.29, 0.717) is 6.61 Å². The molecule has 0 radical (unpaired) electrons. The van der Waals surface area contributed by atoms with Crippen molar-refractivity contribution in [1.29, 1.82) is 0 Å². The SMILES string of the molecule is Cc1cc(C(C)O)ccc1OCc1ccn(C)n1. The predicted molar refractivity (Wildman–Crippen MR) is 69.4 cm³/mol. The van der Waals surface area contributed by atoms with Gasteiger partial charge in [-0.25, -0.2) is 0 Å². The highest BCUT2D eigenvalue weighted by Crippen LogP contribution is 2.23. The third-order valence-corrected chi connectivity index (χ3v) is 2.83. The molecule has 1 atom stereocenters. The molecule has 96 valence electrons. The molecule has 1 unspecified atom stereocenters. The Hall–Kier alpha value is -1.81. The maximum absolute atomic E-state index is 9.50. The molecule has 2 aromatic rings. The molecular formula is C14H18N2O2. The van der Waals surface area contributed by atoms with Gasteiger partial charge in [0.15, 0.2) is 0 Å². The van der Waals surface area contributed by atoms with Crippen LogP contribution in [0.25, 0.3) is 0 Å². The monoisotopic (exact) mass is 246 g/mol. The van der Waals surface area contributed by atoms with E-state index in [-0.39, 0.29) is 0 Å². The van der Waals surface area contributed by atoms with E-state index >= 15 is 0 Å². The standard InChI is InChI=1S/C14H18N2O2/c1-10-8-12(11(2)17)4-5-14(10)18-9-13-6-7-16(3)15-13/h4-8,11,17H,9H2,1-3H3. The summed E-state index contributed by atoms with van der Waals surface area (Å²) in [5.74, 6) is 0.824. The molecule has 1 aromatic carbocycles. The number of benzene rings is 1. The van der Waals surface area contributed by atoms with Gasteiger partial charge >= 0.3 is 0 Å². The number of aryl methyl sites for hydroxylation is 2. The minimum atomic E-state index is -0.450. The van der Waals surface area contributed by atoms with Gasteiger partial charge < -0.3 is 9.84 Å². The molecule has 2 rings (SSSR count). The van der Waals surface area contributed by atoms with E-state index < -0.39 is 6.10 Å². The quantitative estimate of drug-likeness (QED) is 0.900. The minimum Gasteiger partial charge on any atom is -0.487 e. The Morgan fingerprint density at radius 3 is 2.72 bits per heavy atom. The van der Waals surface area contributed by atoms with Gasteiger partial charge in [-0.05, 0) is 43.2 Å². The fourth-order valence-corrected chi connectivity index (χ4v) is 1.79. The molecule has 0 fully saturated rings. The Morgan fingerprint density at radius 1 is 1.39 bits per heavy atom. The second-order valence-electron chi connectivity index (χ2n) is 4.47. The molecule has 0 bridgehead atoms. The highest BCUT2D eigenvalue weighted by molar-refractivity contribution is 5.37. The highest BCUT2D eigenvalue weighted by atomic mass is 16.5. The summed E-state index contributed by atoms with van der Waals surface area (Å²) >= 11 is 0. The lowest BCUT2D eigenvalue weighted by atomic mass is 10.1. The fourth-order valence-electron chi connectivity index (χ4n) is 1.79. The summed E-state index contributed by atoms with van der Waals surface area (Å²) < 4.78 is 7.47. The predicted octanol–water partition coefficient (Wildman–Crippen LogP) is 2.36. The van der Waals surface area contributed by atoms with Crippen LogP contribution in [0.1, 0.15) is 29.8 Å². The summed E-state index contributed by atoms with van der Waals surface area (Å²) in [7, 11) is 1.88. The van der Waals surface area contributed by atoms with Crippen LogP contribution in [-0.2, 0) is 13.7 Å². The van der Waals surface area contributed by atoms with Gasteiger partial charge in [0.1, 0.15) is 12.4 Å². The maximum atomic E-state index is 9.50.